The van der Waals surface area contributed by atoms with Crippen molar-refractivity contribution in [2.75, 3.05) is 0 Å². The molecule has 0 radical (unpaired) electrons. The molecule has 0 bridgehead atoms. The van der Waals surface area contributed by atoms with Crippen LogP contribution in [0.4, 0.5) is 4.39 Å². The third-order valence-electron chi connectivity index (χ3n) is 3.21. The minimum Gasteiger partial charge on any atom is -0.282 e. The summed E-state index contributed by atoms with van der Waals surface area (Å²) in [5, 5.41) is 8.33. The number of nitrogens with zero attached hydrogens (tertiary/aromatic N) is 3. The Morgan fingerprint density at radius 3 is 2.24 bits per heavy atom. The molecule has 0 spiro atoms. The number of benzene rings is 2. The molecular formula is C16H13ClFN3. The number of alkyl halides is 1. The van der Waals surface area contributed by atoms with Gasteiger partial charge in [-0.2, -0.15) is 0 Å². The van der Waals surface area contributed by atoms with Gasteiger partial charge in [-0.1, -0.05) is 30.3 Å². The highest BCUT2D eigenvalue weighted by Gasteiger charge is 2.13. The van der Waals surface area contributed by atoms with Crippen LogP contribution in [0.3, 0.4) is 0 Å². The van der Waals surface area contributed by atoms with Crippen molar-refractivity contribution in [3.05, 3.63) is 77.6 Å². The number of hydrogen-bond donors (Lipinski definition) is 0. The molecule has 3 rings (SSSR count). The van der Waals surface area contributed by atoms with Gasteiger partial charge in [0.05, 0.1) is 5.88 Å². The van der Waals surface area contributed by atoms with Crippen LogP contribution in [0.2, 0.25) is 0 Å². The van der Waals surface area contributed by atoms with Crippen molar-refractivity contribution in [2.45, 2.75) is 12.3 Å². The predicted octanol–water partition coefficient (Wildman–Crippen LogP) is 3.74. The smallest absolute Gasteiger partial charge is 0.152 e. The van der Waals surface area contributed by atoms with Crippen molar-refractivity contribution in [3.8, 4) is 5.69 Å². The molecule has 1 heterocycles. The topological polar surface area (TPSA) is 30.7 Å². The van der Waals surface area contributed by atoms with E-state index in [2.05, 4.69) is 10.2 Å². The van der Waals surface area contributed by atoms with Crippen LogP contribution in [0, 0.1) is 5.82 Å². The zero-order chi connectivity index (χ0) is 14.7. The first-order valence-corrected chi connectivity index (χ1v) is 7.10. The van der Waals surface area contributed by atoms with E-state index in [9.17, 15) is 4.39 Å². The van der Waals surface area contributed by atoms with Crippen molar-refractivity contribution in [2.24, 2.45) is 0 Å². The van der Waals surface area contributed by atoms with E-state index in [0.717, 1.165) is 17.1 Å². The van der Waals surface area contributed by atoms with Gasteiger partial charge in [0.1, 0.15) is 11.6 Å². The van der Waals surface area contributed by atoms with E-state index >= 15 is 0 Å². The van der Waals surface area contributed by atoms with E-state index in [-0.39, 0.29) is 11.7 Å². The normalized spacial score (nSPS) is 10.8. The van der Waals surface area contributed by atoms with Crippen LogP contribution in [0.1, 0.15) is 17.2 Å². The summed E-state index contributed by atoms with van der Waals surface area (Å²) >= 11 is 5.93. The minimum absolute atomic E-state index is 0.249. The van der Waals surface area contributed by atoms with Crippen LogP contribution >= 0.6 is 11.6 Å². The Balaban J connectivity index is 2.02. The average Bonchev–Trinajstić information content (AvgIpc) is 2.92. The highest BCUT2D eigenvalue weighted by Crippen LogP contribution is 2.18. The third kappa shape index (κ3) is 2.95. The lowest BCUT2D eigenvalue weighted by Crippen LogP contribution is -2.05. The quantitative estimate of drug-likeness (QED) is 0.687. The summed E-state index contributed by atoms with van der Waals surface area (Å²) in [6, 6.07) is 16.2. The fraction of sp³-hybridized carbons (Fsp3) is 0.125. The van der Waals surface area contributed by atoms with Gasteiger partial charge in [-0.3, -0.25) is 4.57 Å². The van der Waals surface area contributed by atoms with Crippen molar-refractivity contribution < 1.29 is 4.39 Å². The molecule has 106 valence electrons. The summed E-state index contributed by atoms with van der Waals surface area (Å²) in [5.41, 5.74) is 1.94. The van der Waals surface area contributed by atoms with E-state index in [1.807, 2.05) is 34.9 Å². The first kappa shape index (κ1) is 13.8. The van der Waals surface area contributed by atoms with Gasteiger partial charge in [-0.25, -0.2) is 4.39 Å². The Morgan fingerprint density at radius 2 is 1.57 bits per heavy atom. The summed E-state index contributed by atoms with van der Waals surface area (Å²) < 4.78 is 15.0. The second kappa shape index (κ2) is 6.06. The van der Waals surface area contributed by atoms with Crippen LogP contribution in [-0.4, -0.2) is 14.8 Å². The molecule has 0 aliphatic carbocycles. The summed E-state index contributed by atoms with van der Waals surface area (Å²) in [6.07, 6.45) is 0.641. The van der Waals surface area contributed by atoms with Crippen LogP contribution in [0.5, 0.6) is 0 Å². The molecule has 3 aromatic rings. The van der Waals surface area contributed by atoms with Gasteiger partial charge < -0.3 is 0 Å². The lowest BCUT2D eigenvalue weighted by Gasteiger charge is -2.09. The highest BCUT2D eigenvalue weighted by molar-refractivity contribution is 6.16. The average molecular weight is 302 g/mol. The monoisotopic (exact) mass is 301 g/mol. The van der Waals surface area contributed by atoms with Gasteiger partial charge >= 0.3 is 0 Å². The standard InChI is InChI=1S/C16H13ClFN3/c17-11-16-20-19-15(10-12-4-2-1-3-5-12)21(16)14-8-6-13(18)7-9-14/h1-9H,10-11H2. The third-order valence-corrected chi connectivity index (χ3v) is 3.45. The Labute approximate surface area is 127 Å². The van der Waals surface area contributed by atoms with E-state index in [4.69, 9.17) is 11.6 Å². The van der Waals surface area contributed by atoms with Crippen molar-refractivity contribution >= 4 is 11.6 Å². The molecule has 0 amide bonds. The molecule has 0 N–H and O–H groups in total. The number of rotatable bonds is 4. The lowest BCUT2D eigenvalue weighted by atomic mass is 10.1. The highest BCUT2D eigenvalue weighted by atomic mass is 35.5. The molecule has 21 heavy (non-hydrogen) atoms. The van der Waals surface area contributed by atoms with Gasteiger partial charge in [0.15, 0.2) is 5.82 Å². The molecule has 0 aliphatic heterocycles. The molecule has 5 heteroatoms. The van der Waals surface area contributed by atoms with Crippen molar-refractivity contribution in [3.63, 3.8) is 0 Å². The zero-order valence-electron chi connectivity index (χ0n) is 11.2. The van der Waals surface area contributed by atoms with E-state index in [1.165, 1.54) is 12.1 Å². The SMILES string of the molecule is Fc1ccc(-n2c(CCl)nnc2Cc2ccccc2)cc1. The molecule has 3 nitrogen and oxygen atoms in total. The van der Waals surface area contributed by atoms with Crippen LogP contribution in [0.15, 0.2) is 54.6 Å². The van der Waals surface area contributed by atoms with E-state index in [1.54, 1.807) is 12.1 Å². The Kier molecular flexibility index (Phi) is 3.97. The fourth-order valence-electron chi connectivity index (χ4n) is 2.22. The van der Waals surface area contributed by atoms with Gasteiger partial charge in [-0.05, 0) is 29.8 Å². The summed E-state index contributed by atoms with van der Waals surface area (Å²) in [4.78, 5) is 0. The van der Waals surface area contributed by atoms with Crippen LogP contribution < -0.4 is 0 Å². The molecule has 0 unspecified atom stereocenters. The first-order chi connectivity index (χ1) is 10.3. The van der Waals surface area contributed by atoms with Crippen LogP contribution in [0.25, 0.3) is 5.69 Å². The molecule has 0 saturated carbocycles. The van der Waals surface area contributed by atoms with E-state index < -0.39 is 0 Å². The Bertz CT molecular complexity index is 723. The van der Waals surface area contributed by atoms with Gasteiger partial charge in [-0.15, -0.1) is 21.8 Å². The largest absolute Gasteiger partial charge is 0.282 e. The lowest BCUT2D eigenvalue weighted by molar-refractivity contribution is 0.627. The van der Waals surface area contributed by atoms with Crippen molar-refractivity contribution in [1.29, 1.82) is 0 Å². The van der Waals surface area contributed by atoms with E-state index in [0.29, 0.717) is 12.2 Å². The molecule has 2 aromatic carbocycles. The Morgan fingerprint density at radius 1 is 0.905 bits per heavy atom. The zero-order valence-corrected chi connectivity index (χ0v) is 12.0. The van der Waals surface area contributed by atoms with Gasteiger partial charge in [0, 0.05) is 12.1 Å². The molecular weight excluding hydrogens is 289 g/mol. The molecule has 0 fully saturated rings. The summed E-state index contributed by atoms with van der Waals surface area (Å²) in [7, 11) is 0. The number of hydrogen-bond acceptors (Lipinski definition) is 2. The number of halogens is 2. The fourth-order valence-corrected chi connectivity index (χ4v) is 2.39. The second-order valence-corrected chi connectivity index (χ2v) is 4.91. The maximum atomic E-state index is 13.1. The predicted molar refractivity (Wildman–Crippen MR) is 80.1 cm³/mol. The molecule has 0 saturated heterocycles. The van der Waals surface area contributed by atoms with Crippen LogP contribution in [-0.2, 0) is 12.3 Å². The van der Waals surface area contributed by atoms with Gasteiger partial charge in [0.2, 0.25) is 0 Å². The summed E-state index contributed by atoms with van der Waals surface area (Å²) in [5.74, 6) is 1.40. The van der Waals surface area contributed by atoms with Crippen molar-refractivity contribution in [1.82, 2.24) is 14.8 Å². The Hall–Kier alpha value is -2.20. The molecule has 0 atom stereocenters. The van der Waals surface area contributed by atoms with Gasteiger partial charge in [0.25, 0.3) is 0 Å². The molecule has 0 aliphatic rings. The second-order valence-electron chi connectivity index (χ2n) is 4.64. The number of aromatic nitrogens is 3. The molecule has 1 aromatic heterocycles. The maximum Gasteiger partial charge on any atom is 0.152 e. The minimum atomic E-state index is -0.274. The maximum absolute atomic E-state index is 13.1. The first-order valence-electron chi connectivity index (χ1n) is 6.57. The summed E-state index contributed by atoms with van der Waals surface area (Å²) in [6.45, 7) is 0.